The van der Waals surface area contributed by atoms with Gasteiger partial charge in [0.1, 0.15) is 12.4 Å². The van der Waals surface area contributed by atoms with E-state index in [4.69, 9.17) is 9.57 Å². The van der Waals surface area contributed by atoms with Crippen molar-refractivity contribution in [1.29, 1.82) is 0 Å². The number of amides is 1. The molecule has 1 amide bonds. The molecular formula is C26H27BN2O5. The Balaban J connectivity index is 1.49. The van der Waals surface area contributed by atoms with Gasteiger partial charge in [-0.1, -0.05) is 84.0 Å². The molecule has 0 aliphatic carbocycles. The van der Waals surface area contributed by atoms with Crippen LogP contribution in [0.4, 0.5) is 0 Å². The van der Waals surface area contributed by atoms with E-state index < -0.39 is 24.6 Å². The Hall–Kier alpha value is -3.62. The number of oxime groups is 1. The summed E-state index contributed by atoms with van der Waals surface area (Å²) in [7, 11) is -1.74. The smallest absolute Gasteiger partial charge is 0.475 e. The zero-order valence-electron chi connectivity index (χ0n) is 18.7. The third-order valence-corrected chi connectivity index (χ3v) is 5.71. The van der Waals surface area contributed by atoms with Gasteiger partial charge < -0.3 is 24.9 Å². The molecule has 0 aromatic heterocycles. The minimum Gasteiger partial charge on any atom is -0.488 e. The molecule has 3 aromatic carbocycles. The Bertz CT molecular complexity index is 1100. The quantitative estimate of drug-likeness (QED) is 0.406. The zero-order valence-corrected chi connectivity index (χ0v) is 18.7. The molecule has 7 nitrogen and oxygen atoms in total. The molecule has 1 aliphatic rings. The van der Waals surface area contributed by atoms with Crippen LogP contribution in [0.1, 0.15) is 17.5 Å². The van der Waals surface area contributed by atoms with Crippen molar-refractivity contribution in [3.8, 4) is 5.75 Å². The van der Waals surface area contributed by atoms with Gasteiger partial charge in [-0.05, 0) is 29.7 Å². The van der Waals surface area contributed by atoms with Gasteiger partial charge in [-0.15, -0.1) is 0 Å². The van der Waals surface area contributed by atoms with Crippen molar-refractivity contribution in [2.24, 2.45) is 5.16 Å². The highest BCUT2D eigenvalue weighted by Crippen LogP contribution is 2.29. The summed E-state index contributed by atoms with van der Waals surface area (Å²) in [5.74, 6) is -0.666. The second kappa shape index (κ2) is 11.0. The normalized spacial score (nSPS) is 17.9. The van der Waals surface area contributed by atoms with E-state index in [0.717, 1.165) is 11.1 Å². The van der Waals surface area contributed by atoms with Gasteiger partial charge in [-0.2, -0.15) is 0 Å². The lowest BCUT2D eigenvalue weighted by molar-refractivity contribution is -0.144. The monoisotopic (exact) mass is 458 g/mol. The first-order valence-electron chi connectivity index (χ1n) is 11.2. The number of carbonyl (C=O) groups is 1. The van der Waals surface area contributed by atoms with E-state index >= 15 is 0 Å². The van der Waals surface area contributed by atoms with Gasteiger partial charge in [0.15, 0.2) is 0 Å². The highest BCUT2D eigenvalue weighted by molar-refractivity contribution is 6.43. The lowest BCUT2D eigenvalue weighted by Crippen LogP contribution is -2.56. The minimum atomic E-state index is -1.74. The molecule has 0 saturated heterocycles. The molecular weight excluding hydrogens is 431 g/mol. The first-order chi connectivity index (χ1) is 16.5. The van der Waals surface area contributed by atoms with Crippen molar-refractivity contribution in [3.05, 3.63) is 102 Å². The van der Waals surface area contributed by atoms with Crippen LogP contribution in [0.25, 0.3) is 0 Å². The average molecular weight is 458 g/mol. The van der Waals surface area contributed by atoms with Crippen LogP contribution >= 0.6 is 0 Å². The number of hydrogen-bond acceptors (Lipinski definition) is 6. The first kappa shape index (κ1) is 23.5. The van der Waals surface area contributed by atoms with Crippen LogP contribution in [0, 0.1) is 0 Å². The van der Waals surface area contributed by atoms with Crippen LogP contribution in [0.3, 0.4) is 0 Å². The van der Waals surface area contributed by atoms with Crippen molar-refractivity contribution < 1.29 is 24.4 Å². The standard InChI is InChI=1S/C26H27BN2O5/c30-25(28-24(27(31)32)16-20-10-4-1-5-11-20)26(17-21-12-6-2-7-13-21)18-22(29-34-26)19-33-23-14-8-3-9-15-23/h1-15,24,31-32H,16-19H2,(H,28,30)/t24-,26?/m0/s1. The highest BCUT2D eigenvalue weighted by Gasteiger charge is 2.48. The molecule has 0 radical (unpaired) electrons. The van der Waals surface area contributed by atoms with Gasteiger partial charge >= 0.3 is 7.12 Å². The van der Waals surface area contributed by atoms with E-state index in [0.29, 0.717) is 11.5 Å². The lowest BCUT2D eigenvalue weighted by atomic mass is 9.75. The molecule has 3 N–H and O–H groups in total. The predicted octanol–water partition coefficient (Wildman–Crippen LogP) is 2.56. The van der Waals surface area contributed by atoms with Gasteiger partial charge in [0.25, 0.3) is 5.91 Å². The summed E-state index contributed by atoms with van der Waals surface area (Å²) in [6, 6.07) is 28.2. The molecule has 1 aliphatic heterocycles. The summed E-state index contributed by atoms with van der Waals surface area (Å²) in [5, 5.41) is 26.9. The van der Waals surface area contributed by atoms with Crippen LogP contribution in [0.5, 0.6) is 5.75 Å². The summed E-state index contributed by atoms with van der Waals surface area (Å²) < 4.78 is 5.79. The van der Waals surface area contributed by atoms with Crippen LogP contribution in [0.2, 0.25) is 0 Å². The summed E-state index contributed by atoms with van der Waals surface area (Å²) in [6.07, 6.45) is 0.758. The van der Waals surface area contributed by atoms with E-state index in [1.54, 1.807) is 0 Å². The number of para-hydroxylation sites is 1. The number of rotatable bonds is 10. The fraction of sp³-hybridized carbons (Fsp3) is 0.231. The third-order valence-electron chi connectivity index (χ3n) is 5.71. The zero-order chi connectivity index (χ0) is 23.8. The van der Waals surface area contributed by atoms with Gasteiger partial charge in [0, 0.05) is 12.8 Å². The maximum absolute atomic E-state index is 13.5. The molecule has 1 unspecified atom stereocenters. The summed E-state index contributed by atoms with van der Waals surface area (Å²) >= 11 is 0. The molecule has 8 heteroatoms. The topological polar surface area (TPSA) is 100 Å². The first-order valence-corrected chi connectivity index (χ1v) is 11.2. The maximum Gasteiger partial charge on any atom is 0.475 e. The van der Waals surface area contributed by atoms with Crippen molar-refractivity contribution in [2.45, 2.75) is 30.8 Å². The van der Waals surface area contributed by atoms with E-state index in [2.05, 4.69) is 10.5 Å². The lowest BCUT2D eigenvalue weighted by Gasteiger charge is -2.28. The maximum atomic E-state index is 13.5. The number of benzene rings is 3. The highest BCUT2D eigenvalue weighted by atomic mass is 16.7. The average Bonchev–Trinajstić information content (AvgIpc) is 3.28. The summed E-state index contributed by atoms with van der Waals surface area (Å²) in [4.78, 5) is 19.3. The van der Waals surface area contributed by atoms with Crippen LogP contribution in [0.15, 0.2) is 96.2 Å². The van der Waals surface area contributed by atoms with Gasteiger partial charge in [0.2, 0.25) is 5.60 Å². The number of hydrogen-bond donors (Lipinski definition) is 3. The van der Waals surface area contributed by atoms with E-state index in [9.17, 15) is 14.8 Å². The van der Waals surface area contributed by atoms with Crippen LogP contribution < -0.4 is 10.1 Å². The van der Waals surface area contributed by atoms with Crippen molar-refractivity contribution in [2.75, 3.05) is 6.61 Å². The molecule has 0 spiro atoms. The third kappa shape index (κ3) is 6.04. The molecule has 0 saturated carbocycles. The Morgan fingerprint density at radius 1 is 0.971 bits per heavy atom. The predicted molar refractivity (Wildman–Crippen MR) is 130 cm³/mol. The Morgan fingerprint density at radius 2 is 1.56 bits per heavy atom. The molecule has 174 valence electrons. The fourth-order valence-corrected chi connectivity index (χ4v) is 3.93. The van der Waals surface area contributed by atoms with Gasteiger partial charge in [-0.25, -0.2) is 0 Å². The van der Waals surface area contributed by atoms with Crippen molar-refractivity contribution in [3.63, 3.8) is 0 Å². The fourth-order valence-electron chi connectivity index (χ4n) is 3.93. The molecule has 4 rings (SSSR count). The van der Waals surface area contributed by atoms with E-state index in [1.807, 2.05) is 91.0 Å². The molecule has 34 heavy (non-hydrogen) atoms. The number of ether oxygens (including phenoxy) is 1. The van der Waals surface area contributed by atoms with Crippen molar-refractivity contribution in [1.82, 2.24) is 5.32 Å². The molecule has 0 fully saturated rings. The van der Waals surface area contributed by atoms with Crippen LogP contribution in [-0.2, 0) is 22.5 Å². The van der Waals surface area contributed by atoms with E-state index in [1.165, 1.54) is 0 Å². The molecule has 3 aromatic rings. The number of nitrogens with one attached hydrogen (secondary N) is 1. The van der Waals surface area contributed by atoms with Crippen LogP contribution in [-0.4, -0.2) is 46.9 Å². The number of nitrogens with zero attached hydrogens (tertiary/aromatic N) is 1. The van der Waals surface area contributed by atoms with Crippen molar-refractivity contribution >= 4 is 18.7 Å². The Kier molecular flexibility index (Phi) is 7.62. The SMILES string of the molecule is O=C(N[C@@H](Cc1ccccc1)B(O)O)C1(Cc2ccccc2)CC(COc2ccccc2)=NO1. The second-order valence-corrected chi connectivity index (χ2v) is 8.37. The second-order valence-electron chi connectivity index (χ2n) is 8.37. The molecule has 1 heterocycles. The molecule has 2 atom stereocenters. The minimum absolute atomic E-state index is 0.184. The Morgan fingerprint density at radius 3 is 2.18 bits per heavy atom. The summed E-state index contributed by atoms with van der Waals surface area (Å²) in [6.45, 7) is 0.184. The van der Waals surface area contributed by atoms with E-state index in [-0.39, 0.29) is 25.9 Å². The van der Waals surface area contributed by atoms with Gasteiger partial charge in [0.05, 0.1) is 11.7 Å². The number of carbonyl (C=O) groups excluding carboxylic acids is 1. The largest absolute Gasteiger partial charge is 0.488 e. The van der Waals surface area contributed by atoms with Gasteiger partial charge in [-0.3, -0.25) is 4.79 Å². The summed E-state index contributed by atoms with van der Waals surface area (Å²) in [5.41, 5.74) is 1.06. The molecule has 0 bridgehead atoms. The Labute approximate surface area is 199 Å².